The van der Waals surface area contributed by atoms with E-state index in [1.165, 1.54) is 13.2 Å². The van der Waals surface area contributed by atoms with E-state index in [9.17, 15) is 19.2 Å². The number of benzene rings is 1. The molecule has 0 fully saturated rings. The highest BCUT2D eigenvalue weighted by molar-refractivity contribution is 5.78. The maximum Gasteiger partial charge on any atom is 0.323 e. The number of esters is 4. The van der Waals surface area contributed by atoms with Gasteiger partial charge in [-0.2, -0.15) is 0 Å². The summed E-state index contributed by atoms with van der Waals surface area (Å²) in [6.07, 6.45) is 0.889. The van der Waals surface area contributed by atoms with Gasteiger partial charge in [0, 0.05) is 6.54 Å². The molecular formula is C25H37NO8. The van der Waals surface area contributed by atoms with Crippen LogP contribution in [-0.2, 0) is 35.1 Å². The van der Waals surface area contributed by atoms with Crippen LogP contribution in [-0.4, -0.2) is 50.2 Å². The first-order chi connectivity index (χ1) is 16.0. The van der Waals surface area contributed by atoms with Crippen molar-refractivity contribution in [1.82, 2.24) is 5.32 Å². The highest BCUT2D eigenvalue weighted by atomic mass is 16.6. The van der Waals surface area contributed by atoms with E-state index in [1.807, 2.05) is 6.92 Å². The first-order valence-electron chi connectivity index (χ1n) is 11.5. The van der Waals surface area contributed by atoms with Crippen LogP contribution < -0.4 is 14.8 Å². The molecule has 0 saturated heterocycles. The van der Waals surface area contributed by atoms with Crippen molar-refractivity contribution < 1.29 is 38.1 Å². The molecular weight excluding hydrogens is 442 g/mol. The molecule has 0 spiro atoms. The summed E-state index contributed by atoms with van der Waals surface area (Å²) in [5.74, 6) is -2.46. The third-order valence-electron chi connectivity index (χ3n) is 5.05. The lowest BCUT2D eigenvalue weighted by atomic mass is 10.0. The molecule has 1 aromatic carbocycles. The van der Waals surface area contributed by atoms with Crippen molar-refractivity contribution >= 4 is 23.9 Å². The van der Waals surface area contributed by atoms with E-state index in [4.69, 9.17) is 18.9 Å². The van der Waals surface area contributed by atoms with Crippen LogP contribution in [0.5, 0.6) is 11.5 Å². The fourth-order valence-electron chi connectivity index (χ4n) is 2.61. The number of hydrogen-bond acceptors (Lipinski definition) is 9. The van der Waals surface area contributed by atoms with E-state index >= 15 is 0 Å². The summed E-state index contributed by atoms with van der Waals surface area (Å²) in [6, 6.07) is 4.03. The second-order valence-corrected chi connectivity index (χ2v) is 8.64. The van der Waals surface area contributed by atoms with Gasteiger partial charge in [-0.3, -0.25) is 19.2 Å². The lowest BCUT2D eigenvalue weighted by Crippen LogP contribution is -2.41. The van der Waals surface area contributed by atoms with Crippen molar-refractivity contribution in [3.8, 4) is 11.5 Å². The van der Waals surface area contributed by atoms with Gasteiger partial charge < -0.3 is 24.3 Å². The fraction of sp³-hybridized carbons (Fsp3) is 0.600. The monoisotopic (exact) mass is 479 g/mol. The quantitative estimate of drug-likeness (QED) is 0.259. The van der Waals surface area contributed by atoms with Gasteiger partial charge in [-0.15, -0.1) is 0 Å². The molecule has 190 valence electrons. The zero-order valence-corrected chi connectivity index (χ0v) is 21.1. The summed E-state index contributed by atoms with van der Waals surface area (Å²) in [6.45, 7) is 10.8. The van der Waals surface area contributed by atoms with Crippen LogP contribution in [0.3, 0.4) is 0 Å². The molecule has 0 aliphatic carbocycles. The first-order valence-corrected chi connectivity index (χ1v) is 11.5. The Morgan fingerprint density at radius 1 is 0.853 bits per heavy atom. The zero-order chi connectivity index (χ0) is 25.8. The molecule has 1 unspecified atom stereocenters. The molecule has 1 aromatic rings. The van der Waals surface area contributed by atoms with Crippen LogP contribution >= 0.6 is 0 Å². The average Bonchev–Trinajstić information content (AvgIpc) is 2.80. The van der Waals surface area contributed by atoms with Crippen molar-refractivity contribution in [2.75, 3.05) is 20.3 Å². The van der Waals surface area contributed by atoms with Gasteiger partial charge in [0.15, 0.2) is 11.5 Å². The van der Waals surface area contributed by atoms with E-state index < -0.39 is 23.9 Å². The van der Waals surface area contributed by atoms with Crippen LogP contribution in [0.1, 0.15) is 53.5 Å². The molecule has 0 heterocycles. The van der Waals surface area contributed by atoms with Crippen LogP contribution in [0, 0.1) is 17.8 Å². The molecule has 0 bridgehead atoms. The Hall–Kier alpha value is -2.94. The van der Waals surface area contributed by atoms with Crippen LogP contribution in [0.4, 0.5) is 0 Å². The van der Waals surface area contributed by atoms with Crippen molar-refractivity contribution in [3.63, 3.8) is 0 Å². The molecule has 0 radical (unpaired) electrons. The first kappa shape index (κ1) is 29.1. The normalized spacial score (nSPS) is 12.7. The second-order valence-electron chi connectivity index (χ2n) is 8.64. The van der Waals surface area contributed by atoms with Crippen LogP contribution in [0.2, 0.25) is 0 Å². The van der Waals surface area contributed by atoms with E-state index in [0.717, 1.165) is 0 Å². The Bertz CT molecular complexity index is 849. The Morgan fingerprint density at radius 3 is 1.97 bits per heavy atom. The topological polar surface area (TPSA) is 117 Å². The number of carbonyl (C=O) groups excluding carboxylic acids is 4. The number of rotatable bonds is 13. The SMILES string of the molecule is CCC(C)C(=O)OCCN[C@@H](Cc1ccc(OC(=O)C(C)C)c(OC(=O)C(C)C)c1)C(=O)OC. The van der Waals surface area contributed by atoms with Gasteiger partial charge in [0.1, 0.15) is 12.6 Å². The number of ether oxygens (including phenoxy) is 4. The standard InChI is InChI=1S/C25H37NO8/c1-8-17(6)24(29)32-12-11-26-19(25(30)31-7)13-18-9-10-20(33-22(27)15(2)3)21(14-18)34-23(28)16(4)5/h9-10,14-17,19,26H,8,11-13H2,1-7H3/t17?,19-/m0/s1. The number of carbonyl (C=O) groups is 4. The molecule has 9 heteroatoms. The molecule has 0 aromatic heterocycles. The van der Waals surface area contributed by atoms with Gasteiger partial charge >= 0.3 is 23.9 Å². The van der Waals surface area contributed by atoms with Gasteiger partial charge in [0.05, 0.1) is 24.9 Å². The molecule has 0 aliphatic rings. The van der Waals surface area contributed by atoms with Crippen molar-refractivity contribution in [2.24, 2.45) is 17.8 Å². The fourth-order valence-corrected chi connectivity index (χ4v) is 2.61. The summed E-state index contributed by atoms with van der Waals surface area (Å²) in [7, 11) is 1.28. The van der Waals surface area contributed by atoms with Gasteiger partial charge in [0.25, 0.3) is 0 Å². The minimum atomic E-state index is -0.731. The number of nitrogens with one attached hydrogen (secondary N) is 1. The molecule has 0 aliphatic heterocycles. The predicted molar refractivity (Wildman–Crippen MR) is 125 cm³/mol. The second kappa shape index (κ2) is 14.3. The Morgan fingerprint density at radius 2 is 1.44 bits per heavy atom. The van der Waals surface area contributed by atoms with Crippen LogP contribution in [0.15, 0.2) is 18.2 Å². The van der Waals surface area contributed by atoms with Gasteiger partial charge in [-0.25, -0.2) is 0 Å². The van der Waals surface area contributed by atoms with Crippen molar-refractivity contribution in [1.29, 1.82) is 0 Å². The number of methoxy groups -OCH3 is 1. The van der Waals surface area contributed by atoms with E-state index in [0.29, 0.717) is 12.0 Å². The molecule has 34 heavy (non-hydrogen) atoms. The summed E-state index contributed by atoms with van der Waals surface area (Å²) >= 11 is 0. The molecule has 9 nitrogen and oxygen atoms in total. The van der Waals surface area contributed by atoms with Gasteiger partial charge in [-0.05, 0) is 30.5 Å². The summed E-state index contributed by atoms with van der Waals surface area (Å²) in [5.41, 5.74) is 0.649. The highest BCUT2D eigenvalue weighted by Gasteiger charge is 2.22. The van der Waals surface area contributed by atoms with E-state index in [2.05, 4.69) is 5.32 Å². The third kappa shape index (κ3) is 9.51. The van der Waals surface area contributed by atoms with Gasteiger partial charge in [-0.1, -0.05) is 47.6 Å². The lowest BCUT2D eigenvalue weighted by molar-refractivity contribution is -0.148. The minimum absolute atomic E-state index is 0.0938. The van der Waals surface area contributed by atoms with E-state index in [-0.39, 0.29) is 54.8 Å². The predicted octanol–water partition coefficient (Wildman–Crippen LogP) is 3.07. The summed E-state index contributed by atoms with van der Waals surface area (Å²) in [5, 5.41) is 3.03. The molecule has 0 amide bonds. The highest BCUT2D eigenvalue weighted by Crippen LogP contribution is 2.30. The maximum atomic E-state index is 12.3. The zero-order valence-electron chi connectivity index (χ0n) is 21.1. The average molecular weight is 480 g/mol. The summed E-state index contributed by atoms with van der Waals surface area (Å²) < 4.78 is 20.9. The Kier molecular flexibility index (Phi) is 12.3. The lowest BCUT2D eigenvalue weighted by Gasteiger charge is -2.18. The van der Waals surface area contributed by atoms with Crippen LogP contribution in [0.25, 0.3) is 0 Å². The third-order valence-corrected chi connectivity index (χ3v) is 5.05. The molecule has 0 saturated carbocycles. The molecule has 1 rings (SSSR count). The molecule has 1 N–H and O–H groups in total. The Balaban J connectivity index is 2.99. The summed E-state index contributed by atoms with van der Waals surface area (Å²) in [4.78, 5) is 48.3. The van der Waals surface area contributed by atoms with E-state index in [1.54, 1.807) is 46.8 Å². The maximum absolute atomic E-state index is 12.3. The van der Waals surface area contributed by atoms with Crippen molar-refractivity contribution in [2.45, 2.75) is 60.4 Å². The molecule has 2 atom stereocenters. The van der Waals surface area contributed by atoms with Gasteiger partial charge in [0.2, 0.25) is 0 Å². The van der Waals surface area contributed by atoms with Crippen molar-refractivity contribution in [3.05, 3.63) is 23.8 Å². The largest absolute Gasteiger partial charge is 0.468 e. The smallest absolute Gasteiger partial charge is 0.323 e. The minimum Gasteiger partial charge on any atom is -0.468 e. The number of hydrogen-bond donors (Lipinski definition) is 1. The Labute approximate surface area is 201 Å².